The molecule has 0 saturated carbocycles. The summed E-state index contributed by atoms with van der Waals surface area (Å²) < 4.78 is 0. The Labute approximate surface area is 220 Å². The third-order valence-electron chi connectivity index (χ3n) is 6.21. The van der Waals surface area contributed by atoms with Crippen LogP contribution < -0.4 is 27.8 Å². The predicted molar refractivity (Wildman–Crippen MR) is 138 cm³/mol. The number of phenolic OH excluding ortho intramolecular Hbond substituents is 1. The van der Waals surface area contributed by atoms with E-state index >= 15 is 0 Å². The maximum absolute atomic E-state index is 13.4. The first-order valence-corrected chi connectivity index (χ1v) is 12.3. The number of carboxylic acids is 1. The molecule has 1 aliphatic heterocycles. The van der Waals surface area contributed by atoms with Crippen LogP contribution in [-0.4, -0.2) is 93.2 Å². The Kier molecular flexibility index (Phi) is 11.3. The van der Waals surface area contributed by atoms with Crippen LogP contribution in [0.5, 0.6) is 5.75 Å². The van der Waals surface area contributed by atoms with Crippen molar-refractivity contribution in [3.63, 3.8) is 0 Å². The van der Waals surface area contributed by atoms with Gasteiger partial charge in [-0.1, -0.05) is 12.1 Å². The fourth-order valence-corrected chi connectivity index (χ4v) is 4.08. The number of carbonyl (C=O) groups excluding carboxylic acids is 3. The number of hydrogen-bond acceptors (Lipinski definition) is 8. The number of aliphatic carboxylic acids is 1. The lowest BCUT2D eigenvalue weighted by Crippen LogP contribution is -2.58. The average molecular weight is 536 g/mol. The molecule has 210 valence electrons. The zero-order chi connectivity index (χ0) is 28.4. The van der Waals surface area contributed by atoms with Gasteiger partial charge in [0.25, 0.3) is 0 Å². The van der Waals surface area contributed by atoms with Gasteiger partial charge in [-0.05, 0) is 50.3 Å². The summed E-state index contributed by atoms with van der Waals surface area (Å²) in [6.07, 6.45) is 0.0288. The largest absolute Gasteiger partial charge is 0.508 e. The van der Waals surface area contributed by atoms with Gasteiger partial charge in [-0.3, -0.25) is 19.4 Å². The number of carbonyl (C=O) groups is 4. The van der Waals surface area contributed by atoms with E-state index in [1.807, 2.05) is 0 Å². The standard InChI is InChI=1S/C24H37N7O7/c1-13(32)19(25)21(35)30-17(12-14-6-8-15(33)9-7-14)20(34)29-16(4-2-10-28-24(26)27)22(36)31-11-3-5-18(31)23(37)38/h6-9,13,16-19,32-33H,2-5,10-12,25H2,1H3,(H,29,34)(H,30,35)(H,37,38)(H4,26,27,28). The molecule has 14 heteroatoms. The first kappa shape index (κ1) is 30.3. The summed E-state index contributed by atoms with van der Waals surface area (Å²) in [5.74, 6) is -3.31. The Morgan fingerprint density at radius 2 is 1.74 bits per heavy atom. The summed E-state index contributed by atoms with van der Waals surface area (Å²) in [6.45, 7) is 1.74. The van der Waals surface area contributed by atoms with Gasteiger partial charge in [0, 0.05) is 19.5 Å². The molecule has 11 N–H and O–H groups in total. The second-order valence-corrected chi connectivity index (χ2v) is 9.24. The van der Waals surface area contributed by atoms with Crippen LogP contribution in [-0.2, 0) is 25.6 Å². The average Bonchev–Trinajstić information content (AvgIpc) is 3.36. The smallest absolute Gasteiger partial charge is 0.326 e. The van der Waals surface area contributed by atoms with Crippen LogP contribution in [0.15, 0.2) is 29.3 Å². The Balaban J connectivity index is 2.27. The molecular formula is C24H37N7O7. The molecule has 0 aliphatic carbocycles. The minimum Gasteiger partial charge on any atom is -0.508 e. The van der Waals surface area contributed by atoms with Crippen molar-refractivity contribution < 1.29 is 34.5 Å². The van der Waals surface area contributed by atoms with E-state index in [-0.39, 0.29) is 37.6 Å². The van der Waals surface area contributed by atoms with Gasteiger partial charge in [0.05, 0.1) is 6.10 Å². The number of amides is 3. The fraction of sp³-hybridized carbons (Fsp3) is 0.542. The molecule has 2 rings (SSSR count). The summed E-state index contributed by atoms with van der Waals surface area (Å²) in [4.78, 5) is 56.1. The van der Waals surface area contributed by atoms with E-state index in [2.05, 4.69) is 15.6 Å². The molecular weight excluding hydrogens is 498 g/mol. The normalized spacial score (nSPS) is 18.1. The molecule has 1 aromatic carbocycles. The Bertz CT molecular complexity index is 1010. The lowest BCUT2D eigenvalue weighted by atomic mass is 10.0. The van der Waals surface area contributed by atoms with Gasteiger partial charge in [-0.15, -0.1) is 0 Å². The van der Waals surface area contributed by atoms with Gasteiger partial charge in [0.15, 0.2) is 5.96 Å². The van der Waals surface area contributed by atoms with Crippen molar-refractivity contribution in [2.75, 3.05) is 13.1 Å². The van der Waals surface area contributed by atoms with E-state index in [1.54, 1.807) is 12.1 Å². The number of likely N-dealkylation sites (tertiary alicyclic amines) is 1. The van der Waals surface area contributed by atoms with Gasteiger partial charge in [0.1, 0.15) is 29.9 Å². The first-order valence-electron chi connectivity index (χ1n) is 12.3. The minimum absolute atomic E-state index is 0.0131. The summed E-state index contributed by atoms with van der Waals surface area (Å²) in [5, 5.41) is 33.9. The molecule has 1 aliphatic rings. The molecule has 1 heterocycles. The molecule has 5 unspecified atom stereocenters. The van der Waals surface area contributed by atoms with E-state index in [9.17, 15) is 34.5 Å². The van der Waals surface area contributed by atoms with Crippen LogP contribution in [0.25, 0.3) is 0 Å². The van der Waals surface area contributed by atoms with Crippen molar-refractivity contribution in [1.82, 2.24) is 15.5 Å². The molecule has 5 atom stereocenters. The van der Waals surface area contributed by atoms with Crippen molar-refractivity contribution in [3.05, 3.63) is 29.8 Å². The summed E-state index contributed by atoms with van der Waals surface area (Å²) in [7, 11) is 0. The van der Waals surface area contributed by atoms with Crippen molar-refractivity contribution >= 4 is 29.7 Å². The van der Waals surface area contributed by atoms with Crippen molar-refractivity contribution in [3.8, 4) is 5.75 Å². The fourth-order valence-electron chi connectivity index (χ4n) is 4.08. The zero-order valence-electron chi connectivity index (χ0n) is 21.2. The molecule has 1 saturated heterocycles. The van der Waals surface area contributed by atoms with E-state index in [0.717, 1.165) is 0 Å². The highest BCUT2D eigenvalue weighted by Crippen LogP contribution is 2.20. The second-order valence-electron chi connectivity index (χ2n) is 9.24. The summed E-state index contributed by atoms with van der Waals surface area (Å²) in [5.41, 5.74) is 17.0. The summed E-state index contributed by atoms with van der Waals surface area (Å²) >= 11 is 0. The maximum Gasteiger partial charge on any atom is 0.326 e. The highest BCUT2D eigenvalue weighted by atomic mass is 16.4. The van der Waals surface area contributed by atoms with E-state index in [0.29, 0.717) is 24.8 Å². The Hall–Kier alpha value is -3.91. The number of aliphatic hydroxyl groups is 1. The lowest BCUT2D eigenvalue weighted by Gasteiger charge is -2.29. The molecule has 3 amide bonds. The molecule has 14 nitrogen and oxygen atoms in total. The topological polar surface area (TPSA) is 247 Å². The number of phenols is 1. The molecule has 1 aromatic rings. The number of nitrogens with two attached hydrogens (primary N) is 3. The SMILES string of the molecule is CC(O)C(N)C(=O)NC(Cc1ccc(O)cc1)C(=O)NC(CCCN=C(N)N)C(=O)N1CCCC1C(=O)O. The predicted octanol–water partition coefficient (Wildman–Crippen LogP) is -2.26. The summed E-state index contributed by atoms with van der Waals surface area (Å²) in [6, 6.07) is 1.36. The van der Waals surface area contributed by atoms with E-state index < -0.39 is 54.0 Å². The Morgan fingerprint density at radius 1 is 1.11 bits per heavy atom. The number of rotatable bonds is 13. The molecule has 1 fully saturated rings. The highest BCUT2D eigenvalue weighted by molar-refractivity contribution is 5.94. The van der Waals surface area contributed by atoms with Crippen LogP contribution >= 0.6 is 0 Å². The zero-order valence-corrected chi connectivity index (χ0v) is 21.2. The number of nitrogens with zero attached hydrogens (tertiary/aromatic N) is 2. The number of carboxylic acid groups (broad SMARTS) is 1. The number of aromatic hydroxyl groups is 1. The maximum atomic E-state index is 13.4. The van der Waals surface area contributed by atoms with Gasteiger partial charge in [-0.2, -0.15) is 0 Å². The monoisotopic (exact) mass is 535 g/mol. The molecule has 38 heavy (non-hydrogen) atoms. The number of hydrogen-bond donors (Lipinski definition) is 8. The number of guanidine groups is 1. The second kappa shape index (κ2) is 14.1. The van der Waals surface area contributed by atoms with Gasteiger partial charge >= 0.3 is 5.97 Å². The molecule has 0 spiro atoms. The van der Waals surface area contributed by atoms with Gasteiger partial charge in [0.2, 0.25) is 17.7 Å². The quantitative estimate of drug-likeness (QED) is 0.0765. The number of benzene rings is 1. The third-order valence-corrected chi connectivity index (χ3v) is 6.21. The van der Waals surface area contributed by atoms with Gasteiger partial charge in [-0.25, -0.2) is 4.79 Å². The van der Waals surface area contributed by atoms with Crippen LogP contribution in [0, 0.1) is 0 Å². The third kappa shape index (κ3) is 8.88. The van der Waals surface area contributed by atoms with Crippen LogP contribution in [0.1, 0.15) is 38.2 Å². The lowest BCUT2D eigenvalue weighted by molar-refractivity contribution is -0.149. The Morgan fingerprint density at radius 3 is 2.32 bits per heavy atom. The van der Waals surface area contributed by atoms with Crippen molar-refractivity contribution in [1.29, 1.82) is 0 Å². The van der Waals surface area contributed by atoms with E-state index in [1.165, 1.54) is 24.0 Å². The number of aliphatic hydroxyl groups excluding tert-OH is 1. The first-order chi connectivity index (χ1) is 17.9. The van der Waals surface area contributed by atoms with Crippen LogP contribution in [0.2, 0.25) is 0 Å². The highest BCUT2D eigenvalue weighted by Gasteiger charge is 2.38. The van der Waals surface area contributed by atoms with Crippen molar-refractivity contribution in [2.45, 2.75) is 69.3 Å². The number of nitrogens with one attached hydrogen (secondary N) is 2. The van der Waals surface area contributed by atoms with Crippen LogP contribution in [0.3, 0.4) is 0 Å². The minimum atomic E-state index is -1.30. The molecule has 0 radical (unpaired) electrons. The van der Waals surface area contributed by atoms with Crippen LogP contribution in [0.4, 0.5) is 0 Å². The molecule has 0 bridgehead atoms. The molecule has 0 aromatic heterocycles. The van der Waals surface area contributed by atoms with E-state index in [4.69, 9.17) is 17.2 Å². The number of aliphatic imine (C=N–C) groups is 1. The van der Waals surface area contributed by atoms with Crippen molar-refractivity contribution in [2.24, 2.45) is 22.2 Å². The van der Waals surface area contributed by atoms with Gasteiger partial charge < -0.3 is 48.1 Å².